The highest BCUT2D eigenvalue weighted by molar-refractivity contribution is 5.78. The Balaban J connectivity index is 1.93. The number of carbonyl (C=O) groups excluding carboxylic acids is 1. The van der Waals surface area contributed by atoms with E-state index in [9.17, 15) is 13.6 Å². The summed E-state index contributed by atoms with van der Waals surface area (Å²) >= 11 is 0. The molecule has 21 heavy (non-hydrogen) atoms. The molecule has 0 bridgehead atoms. The average molecular weight is 298 g/mol. The van der Waals surface area contributed by atoms with Gasteiger partial charge in [-0.1, -0.05) is 30.3 Å². The Morgan fingerprint density at radius 2 is 1.90 bits per heavy atom. The fourth-order valence-corrected chi connectivity index (χ4v) is 2.33. The molecule has 0 saturated carbocycles. The highest BCUT2D eigenvalue weighted by Crippen LogP contribution is 2.08. The van der Waals surface area contributed by atoms with Crippen molar-refractivity contribution in [3.05, 3.63) is 35.9 Å². The largest absolute Gasteiger partial charge is 0.378 e. The minimum absolute atomic E-state index is 0.0131. The first-order chi connectivity index (χ1) is 10.1. The normalized spacial score (nSPS) is 15.7. The monoisotopic (exact) mass is 298 g/mol. The van der Waals surface area contributed by atoms with Crippen molar-refractivity contribution in [1.82, 2.24) is 9.80 Å². The number of carbonyl (C=O) groups is 1. The average Bonchev–Trinajstić information content (AvgIpc) is 2.48. The van der Waals surface area contributed by atoms with Crippen molar-refractivity contribution in [3.8, 4) is 0 Å². The number of benzene rings is 1. The summed E-state index contributed by atoms with van der Waals surface area (Å²) in [6.45, 7) is 2.06. The van der Waals surface area contributed by atoms with Crippen LogP contribution in [0.4, 0.5) is 8.78 Å². The SMILES string of the molecule is O=C(CN(Cc1ccccc1)CC(F)F)N1CCOCC1. The van der Waals surface area contributed by atoms with E-state index in [0.717, 1.165) is 5.56 Å². The van der Waals surface area contributed by atoms with Crippen LogP contribution in [0, 0.1) is 0 Å². The van der Waals surface area contributed by atoms with E-state index < -0.39 is 13.0 Å². The van der Waals surface area contributed by atoms with E-state index in [1.165, 1.54) is 4.90 Å². The van der Waals surface area contributed by atoms with Crippen molar-refractivity contribution in [2.75, 3.05) is 39.4 Å². The molecule has 116 valence electrons. The third-order valence-corrected chi connectivity index (χ3v) is 3.37. The van der Waals surface area contributed by atoms with E-state index in [4.69, 9.17) is 4.74 Å². The lowest BCUT2D eigenvalue weighted by atomic mass is 10.2. The minimum Gasteiger partial charge on any atom is -0.378 e. The number of ether oxygens (including phenoxy) is 1. The number of rotatable bonds is 6. The molecule has 0 unspecified atom stereocenters. The highest BCUT2D eigenvalue weighted by atomic mass is 19.3. The molecule has 1 amide bonds. The fourth-order valence-electron chi connectivity index (χ4n) is 2.33. The van der Waals surface area contributed by atoms with E-state index in [-0.39, 0.29) is 12.5 Å². The number of amides is 1. The summed E-state index contributed by atoms with van der Waals surface area (Å²) in [4.78, 5) is 15.3. The maximum Gasteiger partial charge on any atom is 0.251 e. The Hall–Kier alpha value is -1.53. The Kier molecular flexibility index (Phi) is 6.07. The predicted octanol–water partition coefficient (Wildman–Crippen LogP) is 1.61. The van der Waals surface area contributed by atoms with Crippen LogP contribution in [0.15, 0.2) is 30.3 Å². The smallest absolute Gasteiger partial charge is 0.251 e. The first-order valence-electron chi connectivity index (χ1n) is 7.05. The first kappa shape index (κ1) is 15.9. The van der Waals surface area contributed by atoms with Crippen molar-refractivity contribution in [2.45, 2.75) is 13.0 Å². The van der Waals surface area contributed by atoms with Gasteiger partial charge in [0.25, 0.3) is 6.43 Å². The third-order valence-electron chi connectivity index (χ3n) is 3.37. The van der Waals surface area contributed by atoms with Gasteiger partial charge in [-0.25, -0.2) is 8.78 Å². The molecule has 0 N–H and O–H groups in total. The molecule has 1 saturated heterocycles. The summed E-state index contributed by atoms with van der Waals surface area (Å²) in [5, 5.41) is 0. The molecule has 1 heterocycles. The maximum absolute atomic E-state index is 12.7. The Morgan fingerprint density at radius 1 is 1.24 bits per heavy atom. The van der Waals surface area contributed by atoms with E-state index in [2.05, 4.69) is 0 Å². The second kappa shape index (κ2) is 8.05. The van der Waals surface area contributed by atoms with Crippen LogP contribution in [0.3, 0.4) is 0 Å². The molecule has 4 nitrogen and oxygen atoms in total. The summed E-state index contributed by atoms with van der Waals surface area (Å²) in [5.41, 5.74) is 0.924. The summed E-state index contributed by atoms with van der Waals surface area (Å²) < 4.78 is 30.6. The molecular formula is C15H20F2N2O2. The number of morpholine rings is 1. The van der Waals surface area contributed by atoms with Crippen molar-refractivity contribution in [1.29, 1.82) is 0 Å². The number of halogens is 2. The van der Waals surface area contributed by atoms with Gasteiger partial charge in [0.05, 0.1) is 26.3 Å². The molecule has 2 rings (SSSR count). The van der Waals surface area contributed by atoms with Crippen LogP contribution in [0.25, 0.3) is 0 Å². The second-order valence-corrected chi connectivity index (χ2v) is 5.04. The van der Waals surface area contributed by atoms with Crippen molar-refractivity contribution in [3.63, 3.8) is 0 Å². The molecular weight excluding hydrogens is 278 g/mol. The summed E-state index contributed by atoms with van der Waals surface area (Å²) in [6.07, 6.45) is -2.45. The topological polar surface area (TPSA) is 32.8 Å². The molecule has 6 heteroatoms. The summed E-state index contributed by atoms with van der Waals surface area (Å²) in [5.74, 6) is -0.116. The van der Waals surface area contributed by atoms with Gasteiger partial charge >= 0.3 is 0 Å². The Labute approximate surface area is 123 Å². The fraction of sp³-hybridized carbons (Fsp3) is 0.533. The molecule has 0 aromatic heterocycles. The molecule has 1 aliphatic rings. The zero-order valence-corrected chi connectivity index (χ0v) is 11.9. The molecule has 1 aromatic rings. The molecule has 1 fully saturated rings. The van der Waals surface area contributed by atoms with Crippen LogP contribution >= 0.6 is 0 Å². The molecule has 0 aliphatic carbocycles. The van der Waals surface area contributed by atoms with Gasteiger partial charge in [0.15, 0.2) is 0 Å². The molecule has 0 radical (unpaired) electrons. The van der Waals surface area contributed by atoms with Crippen LogP contribution in [0.5, 0.6) is 0 Å². The zero-order valence-electron chi connectivity index (χ0n) is 11.9. The zero-order chi connectivity index (χ0) is 15.1. The third kappa shape index (κ3) is 5.40. The standard InChI is InChI=1S/C15H20F2N2O2/c16-14(17)11-18(10-13-4-2-1-3-5-13)12-15(20)19-6-8-21-9-7-19/h1-5,14H,6-12H2. The number of hydrogen-bond donors (Lipinski definition) is 0. The predicted molar refractivity (Wildman–Crippen MR) is 75.1 cm³/mol. The van der Waals surface area contributed by atoms with Gasteiger partial charge in [-0.3, -0.25) is 9.69 Å². The van der Waals surface area contributed by atoms with Gasteiger partial charge in [0, 0.05) is 19.6 Å². The summed E-state index contributed by atoms with van der Waals surface area (Å²) in [6, 6.07) is 9.34. The van der Waals surface area contributed by atoms with Gasteiger partial charge in [-0.2, -0.15) is 0 Å². The lowest BCUT2D eigenvalue weighted by molar-refractivity contribution is -0.137. The van der Waals surface area contributed by atoms with E-state index in [1.807, 2.05) is 30.3 Å². The van der Waals surface area contributed by atoms with Crippen LogP contribution in [0.2, 0.25) is 0 Å². The van der Waals surface area contributed by atoms with Crippen LogP contribution in [0.1, 0.15) is 5.56 Å². The second-order valence-electron chi connectivity index (χ2n) is 5.04. The van der Waals surface area contributed by atoms with E-state index >= 15 is 0 Å². The van der Waals surface area contributed by atoms with Gasteiger partial charge in [-0.05, 0) is 5.56 Å². The van der Waals surface area contributed by atoms with Crippen molar-refractivity contribution < 1.29 is 18.3 Å². The lowest BCUT2D eigenvalue weighted by Crippen LogP contribution is -2.46. The highest BCUT2D eigenvalue weighted by Gasteiger charge is 2.21. The number of nitrogens with zero attached hydrogens (tertiary/aromatic N) is 2. The first-order valence-corrected chi connectivity index (χ1v) is 7.05. The van der Waals surface area contributed by atoms with Crippen LogP contribution < -0.4 is 0 Å². The van der Waals surface area contributed by atoms with Gasteiger partial charge in [0.2, 0.25) is 5.91 Å². The quantitative estimate of drug-likeness (QED) is 0.800. The Morgan fingerprint density at radius 3 is 2.52 bits per heavy atom. The lowest BCUT2D eigenvalue weighted by Gasteiger charge is -2.30. The number of alkyl halides is 2. The molecule has 0 spiro atoms. The molecule has 1 aromatic carbocycles. The van der Waals surface area contributed by atoms with Crippen molar-refractivity contribution >= 4 is 5.91 Å². The number of hydrogen-bond acceptors (Lipinski definition) is 3. The minimum atomic E-state index is -2.45. The van der Waals surface area contributed by atoms with Crippen LogP contribution in [-0.4, -0.2) is 61.5 Å². The van der Waals surface area contributed by atoms with Crippen LogP contribution in [-0.2, 0) is 16.1 Å². The van der Waals surface area contributed by atoms with E-state index in [1.54, 1.807) is 4.90 Å². The van der Waals surface area contributed by atoms with Gasteiger partial charge < -0.3 is 9.64 Å². The van der Waals surface area contributed by atoms with Crippen molar-refractivity contribution in [2.24, 2.45) is 0 Å². The maximum atomic E-state index is 12.7. The Bertz CT molecular complexity index is 437. The van der Waals surface area contributed by atoms with E-state index in [0.29, 0.717) is 32.8 Å². The molecule has 0 atom stereocenters. The summed E-state index contributed by atoms with van der Waals surface area (Å²) in [7, 11) is 0. The molecule has 1 aliphatic heterocycles. The van der Waals surface area contributed by atoms with Gasteiger partial charge in [-0.15, -0.1) is 0 Å². The van der Waals surface area contributed by atoms with Gasteiger partial charge in [0.1, 0.15) is 0 Å².